The Labute approximate surface area is 95.0 Å². The molecule has 16 heavy (non-hydrogen) atoms. The van der Waals surface area contributed by atoms with E-state index in [-0.39, 0.29) is 16.7 Å². The van der Waals surface area contributed by atoms with Gasteiger partial charge in [0, 0.05) is 17.8 Å². The highest BCUT2D eigenvalue weighted by molar-refractivity contribution is 5.60. The van der Waals surface area contributed by atoms with Crippen molar-refractivity contribution in [3.05, 3.63) is 27.9 Å². The molecule has 1 rings (SSSR count). The third-order valence-corrected chi connectivity index (χ3v) is 2.64. The van der Waals surface area contributed by atoms with Crippen LogP contribution < -0.4 is 5.32 Å². The first kappa shape index (κ1) is 12.4. The fourth-order valence-electron chi connectivity index (χ4n) is 1.57. The molecule has 0 atom stereocenters. The molecule has 1 N–H and O–H groups in total. The average molecular weight is 223 g/mol. The number of hydrogen-bond donors (Lipinski definition) is 1. The second-order valence-corrected chi connectivity index (χ2v) is 3.74. The Morgan fingerprint density at radius 2 is 2.12 bits per heavy atom. The summed E-state index contributed by atoms with van der Waals surface area (Å²) in [5.74, 6) is 0.374. The summed E-state index contributed by atoms with van der Waals surface area (Å²) in [6, 6.07) is 1.88. The predicted molar refractivity (Wildman–Crippen MR) is 63.6 cm³/mol. The highest BCUT2D eigenvalue weighted by Gasteiger charge is 2.19. The quantitative estimate of drug-likeness (QED) is 0.615. The summed E-state index contributed by atoms with van der Waals surface area (Å²) in [5, 5.41) is 14.0. The van der Waals surface area contributed by atoms with Gasteiger partial charge in [-0.2, -0.15) is 0 Å². The van der Waals surface area contributed by atoms with E-state index in [1.165, 1.54) is 0 Å². The van der Waals surface area contributed by atoms with Gasteiger partial charge in [-0.25, -0.2) is 4.98 Å². The van der Waals surface area contributed by atoms with Crippen LogP contribution in [-0.4, -0.2) is 15.9 Å². The van der Waals surface area contributed by atoms with Crippen LogP contribution in [0.15, 0.2) is 12.3 Å². The standard InChI is InChI=1S/C11H17N3O2/c1-4-9(5-2)13-11-10(14(15)16)8(3)6-7-12-11/h6-7,9H,4-5H2,1-3H3,(H,12,13). The molecule has 0 fully saturated rings. The van der Waals surface area contributed by atoms with Crippen LogP contribution in [0.4, 0.5) is 11.5 Å². The summed E-state index contributed by atoms with van der Waals surface area (Å²) in [5.41, 5.74) is 0.711. The highest BCUT2D eigenvalue weighted by Crippen LogP contribution is 2.26. The first-order valence-electron chi connectivity index (χ1n) is 5.46. The second kappa shape index (κ2) is 5.44. The van der Waals surface area contributed by atoms with E-state index in [0.717, 1.165) is 12.8 Å². The van der Waals surface area contributed by atoms with Gasteiger partial charge in [-0.15, -0.1) is 0 Å². The minimum atomic E-state index is -0.382. The van der Waals surface area contributed by atoms with E-state index >= 15 is 0 Å². The monoisotopic (exact) mass is 223 g/mol. The van der Waals surface area contributed by atoms with Crippen LogP contribution in [-0.2, 0) is 0 Å². The van der Waals surface area contributed by atoms with Crippen molar-refractivity contribution in [3.8, 4) is 0 Å². The van der Waals surface area contributed by atoms with Crippen molar-refractivity contribution < 1.29 is 4.92 Å². The predicted octanol–water partition coefficient (Wildman–Crippen LogP) is 2.90. The van der Waals surface area contributed by atoms with E-state index in [4.69, 9.17) is 0 Å². The molecule has 0 aromatic carbocycles. The molecule has 0 bridgehead atoms. The van der Waals surface area contributed by atoms with Crippen LogP contribution in [0.2, 0.25) is 0 Å². The van der Waals surface area contributed by atoms with Gasteiger partial charge in [0.05, 0.1) is 4.92 Å². The number of nitrogens with one attached hydrogen (secondary N) is 1. The maximum absolute atomic E-state index is 10.9. The summed E-state index contributed by atoms with van der Waals surface area (Å²) in [6.07, 6.45) is 3.43. The lowest BCUT2D eigenvalue weighted by Gasteiger charge is -2.15. The van der Waals surface area contributed by atoms with E-state index in [1.807, 2.05) is 13.8 Å². The molecular weight excluding hydrogens is 206 g/mol. The normalized spacial score (nSPS) is 10.5. The number of anilines is 1. The minimum Gasteiger partial charge on any atom is -0.362 e. The molecule has 1 aromatic heterocycles. The topological polar surface area (TPSA) is 68.1 Å². The molecule has 1 aromatic rings. The van der Waals surface area contributed by atoms with Gasteiger partial charge in [0.2, 0.25) is 5.82 Å². The molecule has 0 radical (unpaired) electrons. The number of pyridine rings is 1. The van der Waals surface area contributed by atoms with Crippen LogP contribution in [0.3, 0.4) is 0 Å². The summed E-state index contributed by atoms with van der Waals surface area (Å²) in [6.45, 7) is 5.81. The maximum atomic E-state index is 10.9. The van der Waals surface area contributed by atoms with Crippen molar-refractivity contribution in [3.63, 3.8) is 0 Å². The van der Waals surface area contributed by atoms with Crippen molar-refractivity contribution in [1.82, 2.24) is 4.98 Å². The highest BCUT2D eigenvalue weighted by atomic mass is 16.6. The van der Waals surface area contributed by atoms with Crippen molar-refractivity contribution in [2.24, 2.45) is 0 Å². The lowest BCUT2D eigenvalue weighted by Crippen LogP contribution is -2.19. The Morgan fingerprint density at radius 3 is 2.62 bits per heavy atom. The molecule has 0 spiro atoms. The molecule has 0 saturated heterocycles. The van der Waals surface area contributed by atoms with E-state index in [1.54, 1.807) is 19.2 Å². The average Bonchev–Trinajstić information content (AvgIpc) is 2.25. The zero-order valence-electron chi connectivity index (χ0n) is 9.86. The molecule has 88 valence electrons. The first-order valence-corrected chi connectivity index (χ1v) is 5.46. The smallest absolute Gasteiger partial charge is 0.314 e. The second-order valence-electron chi connectivity index (χ2n) is 3.74. The molecule has 0 aliphatic rings. The zero-order valence-corrected chi connectivity index (χ0v) is 9.86. The summed E-state index contributed by atoms with van der Waals surface area (Å²) >= 11 is 0. The molecule has 0 saturated carbocycles. The van der Waals surface area contributed by atoms with Gasteiger partial charge in [0.25, 0.3) is 0 Å². The fraction of sp³-hybridized carbons (Fsp3) is 0.545. The number of rotatable bonds is 5. The Kier molecular flexibility index (Phi) is 4.22. The number of nitrogens with zero attached hydrogens (tertiary/aromatic N) is 2. The molecule has 0 aliphatic carbocycles. The van der Waals surface area contributed by atoms with Gasteiger partial charge in [0.1, 0.15) is 0 Å². The summed E-state index contributed by atoms with van der Waals surface area (Å²) in [7, 11) is 0. The SMILES string of the molecule is CCC(CC)Nc1nccc(C)c1[N+](=O)[O-]. The molecule has 5 nitrogen and oxygen atoms in total. The zero-order chi connectivity index (χ0) is 12.1. The van der Waals surface area contributed by atoms with Gasteiger partial charge in [-0.05, 0) is 25.8 Å². The van der Waals surface area contributed by atoms with Crippen LogP contribution in [0.5, 0.6) is 0 Å². The van der Waals surface area contributed by atoms with Gasteiger partial charge in [-0.1, -0.05) is 13.8 Å². The Morgan fingerprint density at radius 1 is 1.50 bits per heavy atom. The molecule has 0 amide bonds. The Bertz CT molecular complexity index is 375. The van der Waals surface area contributed by atoms with Crippen molar-refractivity contribution in [2.75, 3.05) is 5.32 Å². The first-order chi connectivity index (χ1) is 7.60. The Balaban J connectivity index is 3.03. The largest absolute Gasteiger partial charge is 0.362 e. The molecule has 0 unspecified atom stereocenters. The van der Waals surface area contributed by atoms with Crippen LogP contribution in [0.25, 0.3) is 0 Å². The summed E-state index contributed by atoms with van der Waals surface area (Å²) < 4.78 is 0. The van der Waals surface area contributed by atoms with E-state index in [0.29, 0.717) is 11.4 Å². The van der Waals surface area contributed by atoms with E-state index < -0.39 is 0 Å². The molecule has 1 heterocycles. The molecule has 5 heteroatoms. The Hall–Kier alpha value is -1.65. The van der Waals surface area contributed by atoms with Crippen molar-refractivity contribution in [2.45, 2.75) is 39.7 Å². The van der Waals surface area contributed by atoms with Gasteiger partial charge in [0.15, 0.2) is 0 Å². The van der Waals surface area contributed by atoms with Crippen molar-refractivity contribution >= 4 is 11.5 Å². The van der Waals surface area contributed by atoms with E-state index in [9.17, 15) is 10.1 Å². The van der Waals surface area contributed by atoms with Gasteiger partial charge in [-0.3, -0.25) is 10.1 Å². The lowest BCUT2D eigenvalue weighted by molar-refractivity contribution is -0.384. The van der Waals surface area contributed by atoms with Gasteiger partial charge < -0.3 is 5.32 Å². The van der Waals surface area contributed by atoms with Crippen LogP contribution in [0, 0.1) is 17.0 Å². The van der Waals surface area contributed by atoms with Crippen LogP contribution in [0.1, 0.15) is 32.3 Å². The summed E-state index contributed by atoms with van der Waals surface area (Å²) in [4.78, 5) is 14.6. The number of nitro groups is 1. The van der Waals surface area contributed by atoms with Crippen molar-refractivity contribution in [1.29, 1.82) is 0 Å². The third-order valence-electron chi connectivity index (χ3n) is 2.64. The van der Waals surface area contributed by atoms with Gasteiger partial charge >= 0.3 is 5.69 Å². The fourth-order valence-corrected chi connectivity index (χ4v) is 1.57. The molecular formula is C11H17N3O2. The maximum Gasteiger partial charge on any atom is 0.314 e. The number of aryl methyl sites for hydroxylation is 1. The minimum absolute atomic E-state index is 0.0781. The number of hydrogen-bond acceptors (Lipinski definition) is 4. The van der Waals surface area contributed by atoms with E-state index in [2.05, 4.69) is 10.3 Å². The van der Waals surface area contributed by atoms with Crippen LogP contribution >= 0.6 is 0 Å². The third kappa shape index (κ3) is 2.68. The number of aromatic nitrogens is 1. The molecule has 0 aliphatic heterocycles. The lowest BCUT2D eigenvalue weighted by atomic mass is 10.1.